The van der Waals surface area contributed by atoms with Crippen LogP contribution >= 0.6 is 0 Å². The van der Waals surface area contributed by atoms with Gasteiger partial charge in [0.2, 0.25) is 0 Å². The van der Waals surface area contributed by atoms with Crippen LogP contribution < -0.4 is 0 Å². The summed E-state index contributed by atoms with van der Waals surface area (Å²) in [6, 6.07) is 0. The molecule has 1 rings (SSSR count). The quantitative estimate of drug-likeness (QED) is 0.146. The molecule has 1 saturated carbocycles. The van der Waals surface area contributed by atoms with Gasteiger partial charge in [0, 0.05) is 0 Å². The third kappa shape index (κ3) is 12.6. The first-order valence-corrected chi connectivity index (χ1v) is 14.6. The van der Waals surface area contributed by atoms with Gasteiger partial charge in [-0.05, 0) is 62.2 Å². The van der Waals surface area contributed by atoms with Crippen molar-refractivity contribution in [2.45, 2.75) is 131 Å². The fourth-order valence-electron chi connectivity index (χ4n) is 5.01. The Bertz CT molecular complexity index is 490. The third-order valence-electron chi connectivity index (χ3n) is 8.72. The summed E-state index contributed by atoms with van der Waals surface area (Å²) in [5.41, 5.74) is 0. The molecule has 4 heteroatoms. The van der Waals surface area contributed by atoms with Gasteiger partial charge in [0.05, 0.1) is 25.0 Å². The van der Waals surface area contributed by atoms with E-state index in [0.717, 1.165) is 75.0 Å². The molecule has 0 saturated heterocycles. The van der Waals surface area contributed by atoms with Gasteiger partial charge < -0.3 is 9.47 Å². The number of carbonyl (C=O) groups excluding carboxylic acids is 2. The van der Waals surface area contributed by atoms with E-state index < -0.39 is 0 Å². The highest BCUT2D eigenvalue weighted by Gasteiger charge is 2.31. The molecular weight excluding hydrogens is 424 g/mol. The second-order valence-electron chi connectivity index (χ2n) is 11.3. The maximum Gasteiger partial charge on any atom is 0.308 e. The van der Waals surface area contributed by atoms with Crippen molar-refractivity contribution in [1.29, 1.82) is 0 Å². The van der Waals surface area contributed by atoms with Gasteiger partial charge >= 0.3 is 11.9 Å². The van der Waals surface area contributed by atoms with Crippen LogP contribution in [0.15, 0.2) is 0 Å². The highest BCUT2D eigenvalue weighted by Crippen LogP contribution is 2.30. The average Bonchev–Trinajstić information content (AvgIpc) is 2.86. The Morgan fingerprint density at radius 3 is 1.26 bits per heavy atom. The second kappa shape index (κ2) is 18.2. The first kappa shape index (κ1) is 31.0. The number of esters is 2. The molecule has 0 amide bonds. The molecule has 0 heterocycles. The van der Waals surface area contributed by atoms with E-state index in [-0.39, 0.29) is 23.8 Å². The summed E-state index contributed by atoms with van der Waals surface area (Å²) in [4.78, 5) is 24.8. The van der Waals surface area contributed by atoms with Crippen LogP contribution in [0.1, 0.15) is 131 Å². The zero-order valence-corrected chi connectivity index (χ0v) is 23.4. The van der Waals surface area contributed by atoms with Crippen molar-refractivity contribution < 1.29 is 19.1 Å². The summed E-state index contributed by atoms with van der Waals surface area (Å²) < 4.78 is 11.1. The van der Waals surface area contributed by atoms with E-state index in [9.17, 15) is 9.59 Å². The Balaban J connectivity index is 2.07. The van der Waals surface area contributed by atoms with Crippen LogP contribution in [0.4, 0.5) is 0 Å². The Labute approximate surface area is 211 Å². The second-order valence-corrected chi connectivity index (χ2v) is 11.3. The van der Waals surface area contributed by atoms with Crippen LogP contribution in [0.3, 0.4) is 0 Å². The number of unbranched alkanes of at least 4 members (excludes halogenated alkanes) is 4. The molecule has 0 N–H and O–H groups in total. The van der Waals surface area contributed by atoms with Crippen LogP contribution in [0.25, 0.3) is 0 Å². The number of hydrogen-bond donors (Lipinski definition) is 0. The number of rotatable bonds is 18. The molecule has 1 aliphatic rings. The summed E-state index contributed by atoms with van der Waals surface area (Å²) in [5, 5.41) is 0. The largest absolute Gasteiger partial charge is 0.465 e. The Hall–Kier alpha value is -1.06. The number of carbonyl (C=O) groups is 2. The van der Waals surface area contributed by atoms with Gasteiger partial charge in [-0.25, -0.2) is 0 Å². The lowest BCUT2D eigenvalue weighted by Gasteiger charge is -2.26. The van der Waals surface area contributed by atoms with Crippen molar-refractivity contribution in [3.63, 3.8) is 0 Å². The van der Waals surface area contributed by atoms with Crippen LogP contribution in [-0.2, 0) is 19.1 Å². The van der Waals surface area contributed by atoms with Crippen LogP contribution in [0.2, 0.25) is 0 Å². The van der Waals surface area contributed by atoms with Gasteiger partial charge in [-0.3, -0.25) is 9.59 Å². The Kier molecular flexibility index (Phi) is 16.6. The maximum atomic E-state index is 12.4. The molecule has 200 valence electrons. The lowest BCUT2D eigenvalue weighted by molar-refractivity contribution is -0.155. The molecule has 1 fully saturated rings. The summed E-state index contributed by atoms with van der Waals surface area (Å²) in [6.45, 7) is 14.9. The minimum absolute atomic E-state index is 0.0398. The van der Waals surface area contributed by atoms with Crippen LogP contribution in [0.5, 0.6) is 0 Å². The zero-order valence-electron chi connectivity index (χ0n) is 23.4. The molecule has 1 aliphatic carbocycles. The molecule has 0 bridgehead atoms. The van der Waals surface area contributed by atoms with Crippen molar-refractivity contribution in [3.05, 3.63) is 0 Å². The molecule has 0 aliphatic heterocycles. The average molecular weight is 481 g/mol. The molecule has 0 aromatic rings. The summed E-state index contributed by atoms with van der Waals surface area (Å²) >= 11 is 0. The molecule has 4 unspecified atom stereocenters. The van der Waals surface area contributed by atoms with Crippen molar-refractivity contribution in [1.82, 2.24) is 0 Å². The van der Waals surface area contributed by atoms with Gasteiger partial charge in [-0.15, -0.1) is 0 Å². The SMILES string of the molecule is CCC(C)C(C)CCCCCOC(=O)C1CCC(C(=O)OCCCCCC(C)C(C)CC)CC1. The Morgan fingerprint density at radius 2 is 0.941 bits per heavy atom. The normalized spacial score (nSPS) is 21.9. The van der Waals surface area contributed by atoms with Crippen molar-refractivity contribution in [3.8, 4) is 0 Å². The van der Waals surface area contributed by atoms with Gasteiger partial charge in [0.15, 0.2) is 0 Å². The predicted octanol–water partition coefficient (Wildman–Crippen LogP) is 8.36. The minimum atomic E-state index is -0.0635. The van der Waals surface area contributed by atoms with Crippen molar-refractivity contribution in [2.75, 3.05) is 13.2 Å². The van der Waals surface area contributed by atoms with E-state index >= 15 is 0 Å². The first-order chi connectivity index (χ1) is 16.3. The van der Waals surface area contributed by atoms with E-state index in [2.05, 4.69) is 41.5 Å². The molecule has 0 spiro atoms. The number of ether oxygens (including phenoxy) is 2. The lowest BCUT2D eigenvalue weighted by Crippen LogP contribution is -2.28. The monoisotopic (exact) mass is 480 g/mol. The molecule has 4 nitrogen and oxygen atoms in total. The molecular formula is C30H56O4. The number of hydrogen-bond acceptors (Lipinski definition) is 4. The zero-order chi connectivity index (χ0) is 25.3. The van der Waals surface area contributed by atoms with E-state index in [1.54, 1.807) is 0 Å². The van der Waals surface area contributed by atoms with Gasteiger partial charge in [-0.1, -0.05) is 92.9 Å². The molecule has 0 aromatic carbocycles. The fraction of sp³-hybridized carbons (Fsp3) is 0.933. The predicted molar refractivity (Wildman–Crippen MR) is 142 cm³/mol. The standard InChI is InChI=1S/C30H56O4/c1-7-23(3)25(5)15-11-9-13-21-33-29(31)27-17-19-28(20-18-27)30(32)34-22-14-10-12-16-26(6)24(4)8-2/h23-28H,7-22H2,1-6H3. The maximum absolute atomic E-state index is 12.4. The van der Waals surface area contributed by atoms with E-state index in [1.807, 2.05) is 0 Å². The van der Waals surface area contributed by atoms with Crippen LogP contribution in [-0.4, -0.2) is 25.2 Å². The van der Waals surface area contributed by atoms with E-state index in [4.69, 9.17) is 9.47 Å². The van der Waals surface area contributed by atoms with E-state index in [1.165, 1.54) is 38.5 Å². The fourth-order valence-corrected chi connectivity index (χ4v) is 5.01. The van der Waals surface area contributed by atoms with Gasteiger partial charge in [-0.2, -0.15) is 0 Å². The first-order valence-electron chi connectivity index (χ1n) is 14.6. The van der Waals surface area contributed by atoms with Gasteiger partial charge in [0.1, 0.15) is 0 Å². The summed E-state index contributed by atoms with van der Waals surface area (Å²) in [6.07, 6.45) is 14.6. The van der Waals surface area contributed by atoms with Crippen LogP contribution in [0, 0.1) is 35.5 Å². The molecule has 34 heavy (non-hydrogen) atoms. The van der Waals surface area contributed by atoms with Crippen molar-refractivity contribution in [2.24, 2.45) is 35.5 Å². The minimum Gasteiger partial charge on any atom is -0.465 e. The van der Waals surface area contributed by atoms with Crippen molar-refractivity contribution >= 4 is 11.9 Å². The summed E-state index contributed by atoms with van der Waals surface area (Å²) in [7, 11) is 0. The lowest BCUT2D eigenvalue weighted by atomic mass is 9.82. The summed E-state index contributed by atoms with van der Waals surface area (Å²) in [5.74, 6) is 2.93. The topological polar surface area (TPSA) is 52.6 Å². The molecule has 0 radical (unpaired) electrons. The smallest absolute Gasteiger partial charge is 0.308 e. The molecule has 0 aromatic heterocycles. The van der Waals surface area contributed by atoms with E-state index in [0.29, 0.717) is 13.2 Å². The highest BCUT2D eigenvalue weighted by molar-refractivity contribution is 5.75. The Morgan fingerprint density at radius 1 is 0.588 bits per heavy atom. The molecule has 4 atom stereocenters. The van der Waals surface area contributed by atoms with Gasteiger partial charge in [0.25, 0.3) is 0 Å². The highest BCUT2D eigenvalue weighted by atomic mass is 16.5. The third-order valence-corrected chi connectivity index (χ3v) is 8.72.